The van der Waals surface area contributed by atoms with E-state index in [-0.39, 0.29) is 11.3 Å². The van der Waals surface area contributed by atoms with Gasteiger partial charge in [0.05, 0.1) is 18.7 Å². The number of nitrogens with one attached hydrogen (secondary N) is 1. The van der Waals surface area contributed by atoms with Crippen molar-refractivity contribution in [2.24, 2.45) is 0 Å². The second-order valence-corrected chi connectivity index (χ2v) is 7.50. The van der Waals surface area contributed by atoms with Gasteiger partial charge < -0.3 is 10.1 Å². The molecule has 9 heteroatoms. The first-order valence-electron chi connectivity index (χ1n) is 7.65. The number of amides is 1. The molecule has 0 aliphatic rings. The summed E-state index contributed by atoms with van der Waals surface area (Å²) in [5.74, 6) is 0.176. The van der Waals surface area contributed by atoms with E-state index in [1.807, 2.05) is 25.1 Å². The summed E-state index contributed by atoms with van der Waals surface area (Å²) in [6.07, 6.45) is 1.49. The van der Waals surface area contributed by atoms with E-state index in [1.54, 1.807) is 0 Å². The molecule has 0 aliphatic carbocycles. The lowest BCUT2D eigenvalue weighted by atomic mass is 10.1. The zero-order valence-corrected chi connectivity index (χ0v) is 18.3. The van der Waals surface area contributed by atoms with Crippen LogP contribution < -0.4 is 10.1 Å². The molecule has 1 amide bonds. The van der Waals surface area contributed by atoms with E-state index in [9.17, 15) is 20.2 Å². The number of halogens is 2. The summed E-state index contributed by atoms with van der Waals surface area (Å²) in [7, 11) is 0. The Hall–Kier alpha value is -2.20. The van der Waals surface area contributed by atoms with E-state index in [1.165, 1.54) is 30.3 Å². The summed E-state index contributed by atoms with van der Waals surface area (Å²) in [5, 5.41) is 22.6. The molecule has 0 heterocycles. The zero-order valence-electron chi connectivity index (χ0n) is 14.0. The molecular weight excluding hydrogens is 576 g/mol. The molecule has 0 atom stereocenters. The zero-order chi connectivity index (χ0) is 20.0. The van der Waals surface area contributed by atoms with Gasteiger partial charge >= 0.3 is 0 Å². The number of carbonyl (C=O) groups excluding carboxylic acids is 1. The molecule has 2 aromatic carbocycles. The van der Waals surface area contributed by atoms with Crippen molar-refractivity contribution in [3.8, 4) is 11.8 Å². The summed E-state index contributed by atoms with van der Waals surface area (Å²) in [4.78, 5) is 22.5. The predicted octanol–water partition coefficient (Wildman–Crippen LogP) is 4.75. The second-order valence-electron chi connectivity index (χ2n) is 5.17. The Bertz CT molecular complexity index is 927. The molecule has 0 radical (unpaired) electrons. The van der Waals surface area contributed by atoms with E-state index in [0.717, 1.165) is 12.9 Å². The molecule has 1 N–H and O–H groups in total. The normalized spacial score (nSPS) is 10.8. The molecule has 0 spiro atoms. The van der Waals surface area contributed by atoms with Crippen LogP contribution in [0.5, 0.6) is 5.75 Å². The van der Waals surface area contributed by atoms with Crippen molar-refractivity contribution in [2.75, 3.05) is 11.9 Å². The molecule has 0 unspecified atom stereocenters. The maximum absolute atomic E-state index is 12.3. The highest BCUT2D eigenvalue weighted by molar-refractivity contribution is 14.1. The quantitative estimate of drug-likeness (QED) is 0.172. The third-order valence-electron chi connectivity index (χ3n) is 3.32. The first-order chi connectivity index (χ1) is 12.8. The van der Waals surface area contributed by atoms with E-state index in [0.29, 0.717) is 17.9 Å². The molecule has 138 valence electrons. The van der Waals surface area contributed by atoms with Crippen molar-refractivity contribution in [3.05, 3.63) is 64.8 Å². The third-order valence-corrected chi connectivity index (χ3v) is 4.92. The SMILES string of the molecule is CCOc1c(I)cc(/C=C(/C#N)C(=O)Nc2ccc([N+](=O)[O-])cc2)cc1I. The molecule has 0 saturated heterocycles. The second kappa shape index (κ2) is 9.65. The van der Waals surface area contributed by atoms with Gasteiger partial charge in [-0.3, -0.25) is 14.9 Å². The Kier molecular flexibility index (Phi) is 7.55. The van der Waals surface area contributed by atoms with Crippen LogP contribution in [0.15, 0.2) is 42.0 Å². The monoisotopic (exact) mass is 589 g/mol. The molecule has 2 rings (SSSR count). The van der Waals surface area contributed by atoms with Crippen LogP contribution in [-0.4, -0.2) is 17.4 Å². The van der Waals surface area contributed by atoms with Gasteiger partial charge in [-0.2, -0.15) is 5.26 Å². The molecule has 0 saturated carbocycles. The number of hydrogen-bond acceptors (Lipinski definition) is 5. The average Bonchev–Trinajstić information content (AvgIpc) is 2.63. The fraction of sp³-hybridized carbons (Fsp3) is 0.111. The molecule has 7 nitrogen and oxygen atoms in total. The first-order valence-corrected chi connectivity index (χ1v) is 9.81. The Morgan fingerprint density at radius 3 is 2.37 bits per heavy atom. The lowest BCUT2D eigenvalue weighted by molar-refractivity contribution is -0.384. The van der Waals surface area contributed by atoms with Gasteiger partial charge in [0, 0.05) is 17.8 Å². The summed E-state index contributed by atoms with van der Waals surface area (Å²) >= 11 is 4.28. The predicted molar refractivity (Wildman–Crippen MR) is 118 cm³/mol. The molecule has 2 aromatic rings. The van der Waals surface area contributed by atoms with Crippen LogP contribution in [0.4, 0.5) is 11.4 Å². The van der Waals surface area contributed by atoms with Gasteiger partial charge in [-0.1, -0.05) is 0 Å². The van der Waals surface area contributed by atoms with E-state index >= 15 is 0 Å². The molecule has 0 fully saturated rings. The number of ether oxygens (including phenoxy) is 1. The molecule has 0 aliphatic heterocycles. The van der Waals surface area contributed by atoms with Crippen LogP contribution in [0.2, 0.25) is 0 Å². The van der Waals surface area contributed by atoms with E-state index in [4.69, 9.17) is 4.74 Å². The standard InChI is InChI=1S/C18H13I2N3O4/c1-2-27-17-15(19)8-11(9-16(17)20)7-12(10-21)18(24)22-13-3-5-14(6-4-13)23(25)26/h3-9H,2H2,1H3,(H,22,24)/b12-7-. The molecule has 0 aromatic heterocycles. The minimum Gasteiger partial charge on any atom is -0.492 e. The van der Waals surface area contributed by atoms with Crippen molar-refractivity contribution >= 4 is 68.5 Å². The first kappa shape index (κ1) is 21.1. The lowest BCUT2D eigenvalue weighted by Gasteiger charge is -2.10. The third kappa shape index (κ3) is 5.64. The van der Waals surface area contributed by atoms with Gasteiger partial charge in [0.15, 0.2) is 0 Å². The van der Waals surface area contributed by atoms with Crippen molar-refractivity contribution in [3.63, 3.8) is 0 Å². The summed E-state index contributed by atoms with van der Waals surface area (Å²) in [6, 6.07) is 10.9. The summed E-state index contributed by atoms with van der Waals surface area (Å²) < 4.78 is 7.33. The maximum Gasteiger partial charge on any atom is 0.269 e. The van der Waals surface area contributed by atoms with Crippen LogP contribution in [0, 0.1) is 28.6 Å². The highest BCUT2D eigenvalue weighted by atomic mass is 127. The highest BCUT2D eigenvalue weighted by Crippen LogP contribution is 2.30. The van der Waals surface area contributed by atoms with Gasteiger partial charge in [0.2, 0.25) is 0 Å². The van der Waals surface area contributed by atoms with Crippen LogP contribution in [0.3, 0.4) is 0 Å². The van der Waals surface area contributed by atoms with Gasteiger partial charge in [0.1, 0.15) is 17.4 Å². The number of anilines is 1. The van der Waals surface area contributed by atoms with Crippen molar-refractivity contribution in [1.82, 2.24) is 0 Å². The van der Waals surface area contributed by atoms with Gasteiger partial charge in [-0.25, -0.2) is 0 Å². The minimum absolute atomic E-state index is 0.0795. The number of rotatable bonds is 6. The number of nitrogens with zero attached hydrogens (tertiary/aromatic N) is 2. The van der Waals surface area contributed by atoms with Gasteiger partial charge in [-0.05, 0) is 88.0 Å². The number of nitro groups is 1. The van der Waals surface area contributed by atoms with Gasteiger partial charge in [0.25, 0.3) is 11.6 Å². The molecule has 0 bridgehead atoms. The Balaban J connectivity index is 2.24. The van der Waals surface area contributed by atoms with Crippen LogP contribution in [-0.2, 0) is 4.79 Å². The Morgan fingerprint density at radius 1 is 1.30 bits per heavy atom. The largest absolute Gasteiger partial charge is 0.492 e. The minimum atomic E-state index is -0.592. The van der Waals surface area contributed by atoms with Gasteiger partial charge in [-0.15, -0.1) is 0 Å². The summed E-state index contributed by atoms with van der Waals surface area (Å²) in [6.45, 7) is 2.44. The number of non-ortho nitro benzene ring substituents is 1. The van der Waals surface area contributed by atoms with Crippen molar-refractivity contribution in [1.29, 1.82) is 5.26 Å². The summed E-state index contributed by atoms with van der Waals surface area (Å²) in [5.41, 5.74) is 0.900. The van der Waals surface area contributed by atoms with E-state index in [2.05, 4.69) is 50.5 Å². The topological polar surface area (TPSA) is 105 Å². The fourth-order valence-corrected chi connectivity index (χ4v) is 4.25. The van der Waals surface area contributed by atoms with E-state index < -0.39 is 10.8 Å². The lowest BCUT2D eigenvalue weighted by Crippen LogP contribution is -2.13. The fourth-order valence-electron chi connectivity index (χ4n) is 2.13. The molecule has 27 heavy (non-hydrogen) atoms. The number of carbonyl (C=O) groups is 1. The van der Waals surface area contributed by atoms with Crippen LogP contribution >= 0.6 is 45.2 Å². The van der Waals surface area contributed by atoms with Crippen LogP contribution in [0.25, 0.3) is 6.08 Å². The maximum atomic E-state index is 12.3. The molecular formula is C18H13I2N3O4. The van der Waals surface area contributed by atoms with Crippen molar-refractivity contribution in [2.45, 2.75) is 6.92 Å². The Labute approximate surface area is 182 Å². The van der Waals surface area contributed by atoms with Crippen molar-refractivity contribution < 1.29 is 14.5 Å². The number of hydrogen-bond donors (Lipinski definition) is 1. The van der Waals surface area contributed by atoms with Crippen LogP contribution in [0.1, 0.15) is 12.5 Å². The highest BCUT2D eigenvalue weighted by Gasteiger charge is 2.13. The smallest absolute Gasteiger partial charge is 0.269 e. The number of nitro benzene ring substituents is 1. The Morgan fingerprint density at radius 2 is 1.89 bits per heavy atom. The average molecular weight is 589 g/mol. The number of nitriles is 1. The number of benzene rings is 2.